The molecular formula is C22H15ClN2O4. The van der Waals surface area contributed by atoms with Crippen molar-refractivity contribution in [1.29, 1.82) is 0 Å². The van der Waals surface area contributed by atoms with Gasteiger partial charge in [0.15, 0.2) is 12.4 Å². The number of carbonyl (C=O) groups excluding carboxylic acids is 1. The molecule has 0 saturated carbocycles. The van der Waals surface area contributed by atoms with Crippen LogP contribution in [0.5, 0.6) is 0 Å². The van der Waals surface area contributed by atoms with Crippen LogP contribution in [0.25, 0.3) is 23.3 Å². The minimum absolute atomic E-state index is 0.160. The van der Waals surface area contributed by atoms with E-state index >= 15 is 0 Å². The summed E-state index contributed by atoms with van der Waals surface area (Å²) in [7, 11) is 0. The highest BCUT2D eigenvalue weighted by Crippen LogP contribution is 2.23. The summed E-state index contributed by atoms with van der Waals surface area (Å²) in [5.74, 6) is 0.313. The van der Waals surface area contributed by atoms with Gasteiger partial charge in [0, 0.05) is 5.02 Å². The molecule has 0 aliphatic carbocycles. The average Bonchev–Trinajstić information content (AvgIpc) is 3.44. The molecule has 0 spiro atoms. The van der Waals surface area contributed by atoms with Crippen LogP contribution in [0.2, 0.25) is 5.02 Å². The molecule has 7 heteroatoms. The van der Waals surface area contributed by atoms with Gasteiger partial charge in [0.05, 0.1) is 11.8 Å². The third-order valence-electron chi connectivity index (χ3n) is 4.01. The summed E-state index contributed by atoms with van der Waals surface area (Å²) in [5, 5.41) is 8.35. The maximum absolute atomic E-state index is 12.8. The summed E-state index contributed by atoms with van der Waals surface area (Å²) in [5.41, 5.74) is 1.94. The molecule has 0 aliphatic rings. The van der Waals surface area contributed by atoms with Crippen molar-refractivity contribution >= 4 is 29.2 Å². The SMILES string of the molecule is O=C(OCc1nnc(-c2ccco2)o1)/C(=C/c1ccccc1)c1ccc(Cl)cc1. The molecule has 0 unspecified atom stereocenters. The highest BCUT2D eigenvalue weighted by Gasteiger charge is 2.17. The number of rotatable bonds is 6. The quantitative estimate of drug-likeness (QED) is 0.246. The van der Waals surface area contributed by atoms with E-state index < -0.39 is 5.97 Å². The standard InChI is InChI=1S/C22H15ClN2O4/c23-17-10-8-16(9-11-17)18(13-15-5-2-1-3-6-15)22(26)28-14-20-24-25-21(29-20)19-7-4-12-27-19/h1-13H,14H2/b18-13+. The molecule has 0 amide bonds. The molecule has 29 heavy (non-hydrogen) atoms. The summed E-state index contributed by atoms with van der Waals surface area (Å²) in [6.45, 7) is -0.160. The van der Waals surface area contributed by atoms with Gasteiger partial charge in [-0.15, -0.1) is 10.2 Å². The van der Waals surface area contributed by atoms with Crippen molar-refractivity contribution in [3.63, 3.8) is 0 Å². The lowest BCUT2D eigenvalue weighted by Crippen LogP contribution is -2.07. The maximum Gasteiger partial charge on any atom is 0.339 e. The molecule has 6 nitrogen and oxygen atoms in total. The molecule has 0 radical (unpaired) electrons. The van der Waals surface area contributed by atoms with Crippen LogP contribution in [-0.2, 0) is 16.1 Å². The van der Waals surface area contributed by atoms with E-state index in [0.717, 1.165) is 5.56 Å². The minimum Gasteiger partial charge on any atom is -0.459 e. The molecule has 2 aromatic heterocycles. The molecule has 0 N–H and O–H groups in total. The van der Waals surface area contributed by atoms with Gasteiger partial charge in [-0.25, -0.2) is 4.79 Å². The number of hydrogen-bond acceptors (Lipinski definition) is 6. The Morgan fingerprint density at radius 1 is 1.00 bits per heavy atom. The number of halogens is 1. The van der Waals surface area contributed by atoms with E-state index in [9.17, 15) is 4.79 Å². The predicted molar refractivity (Wildman–Crippen MR) is 108 cm³/mol. The van der Waals surface area contributed by atoms with Crippen molar-refractivity contribution in [2.24, 2.45) is 0 Å². The molecule has 0 saturated heterocycles. The molecular weight excluding hydrogens is 392 g/mol. The number of furan rings is 1. The first kappa shape index (κ1) is 18.7. The van der Waals surface area contributed by atoms with Gasteiger partial charge < -0.3 is 13.6 Å². The Morgan fingerprint density at radius 2 is 1.79 bits per heavy atom. The van der Waals surface area contributed by atoms with Crippen molar-refractivity contribution in [2.75, 3.05) is 0 Å². The van der Waals surface area contributed by atoms with Crippen LogP contribution in [-0.4, -0.2) is 16.2 Å². The van der Waals surface area contributed by atoms with Crippen molar-refractivity contribution in [2.45, 2.75) is 6.61 Å². The van der Waals surface area contributed by atoms with Gasteiger partial charge in [-0.2, -0.15) is 0 Å². The molecule has 0 aliphatic heterocycles. The van der Waals surface area contributed by atoms with Gasteiger partial charge in [-0.3, -0.25) is 0 Å². The molecule has 2 aromatic carbocycles. The van der Waals surface area contributed by atoms with Crippen LogP contribution in [0, 0.1) is 0 Å². The number of benzene rings is 2. The van der Waals surface area contributed by atoms with Gasteiger partial charge in [0.2, 0.25) is 0 Å². The van der Waals surface area contributed by atoms with Crippen molar-refractivity contribution in [1.82, 2.24) is 10.2 Å². The number of ether oxygens (including phenoxy) is 1. The van der Waals surface area contributed by atoms with Crippen LogP contribution in [0.15, 0.2) is 81.8 Å². The van der Waals surface area contributed by atoms with Crippen molar-refractivity contribution in [3.8, 4) is 11.7 Å². The zero-order chi connectivity index (χ0) is 20.1. The van der Waals surface area contributed by atoms with Gasteiger partial charge in [-0.05, 0) is 41.5 Å². The van der Waals surface area contributed by atoms with Crippen LogP contribution in [0.1, 0.15) is 17.0 Å². The zero-order valence-corrected chi connectivity index (χ0v) is 15.9. The molecule has 2 heterocycles. The van der Waals surface area contributed by atoms with E-state index in [4.69, 9.17) is 25.2 Å². The van der Waals surface area contributed by atoms with Crippen LogP contribution in [0.4, 0.5) is 0 Å². The Labute approximate surface area is 171 Å². The fourth-order valence-electron chi connectivity index (χ4n) is 2.62. The maximum atomic E-state index is 12.8. The van der Waals surface area contributed by atoms with Crippen molar-refractivity contribution < 1.29 is 18.4 Å². The summed E-state index contributed by atoms with van der Waals surface area (Å²) in [6.07, 6.45) is 3.26. The number of carbonyl (C=O) groups is 1. The van der Waals surface area contributed by atoms with Gasteiger partial charge in [0.25, 0.3) is 11.8 Å². The second kappa shape index (κ2) is 8.58. The zero-order valence-electron chi connectivity index (χ0n) is 15.1. The molecule has 144 valence electrons. The molecule has 0 bridgehead atoms. The summed E-state index contributed by atoms with van der Waals surface area (Å²) >= 11 is 5.97. The largest absolute Gasteiger partial charge is 0.459 e. The van der Waals surface area contributed by atoms with E-state index in [1.165, 1.54) is 6.26 Å². The fourth-order valence-corrected chi connectivity index (χ4v) is 2.75. The second-order valence-electron chi connectivity index (χ2n) is 6.03. The smallest absolute Gasteiger partial charge is 0.339 e. The normalized spacial score (nSPS) is 11.4. The highest BCUT2D eigenvalue weighted by molar-refractivity contribution is 6.30. The van der Waals surface area contributed by atoms with Gasteiger partial charge >= 0.3 is 5.97 Å². The summed E-state index contributed by atoms with van der Waals surface area (Å²) in [6, 6.07) is 19.9. The monoisotopic (exact) mass is 406 g/mol. The number of nitrogens with zero attached hydrogens (tertiary/aromatic N) is 2. The van der Waals surface area contributed by atoms with Crippen LogP contribution >= 0.6 is 11.6 Å². The highest BCUT2D eigenvalue weighted by atomic mass is 35.5. The first-order valence-corrected chi connectivity index (χ1v) is 9.13. The van der Waals surface area contributed by atoms with Crippen LogP contribution < -0.4 is 0 Å². The lowest BCUT2D eigenvalue weighted by Gasteiger charge is -2.08. The van der Waals surface area contributed by atoms with Crippen LogP contribution in [0.3, 0.4) is 0 Å². The first-order valence-electron chi connectivity index (χ1n) is 8.75. The van der Waals surface area contributed by atoms with Gasteiger partial charge in [-0.1, -0.05) is 54.1 Å². The molecule has 0 fully saturated rings. The number of esters is 1. The lowest BCUT2D eigenvalue weighted by molar-refractivity contribution is -0.138. The molecule has 4 aromatic rings. The Morgan fingerprint density at radius 3 is 2.52 bits per heavy atom. The lowest BCUT2D eigenvalue weighted by atomic mass is 10.0. The molecule has 4 rings (SSSR count). The van der Waals surface area contributed by atoms with E-state index in [0.29, 0.717) is 21.9 Å². The molecule has 0 atom stereocenters. The third-order valence-corrected chi connectivity index (χ3v) is 4.26. The Bertz CT molecular complexity index is 1120. The predicted octanol–water partition coefficient (Wildman–Crippen LogP) is 5.27. The first-order chi connectivity index (χ1) is 14.2. The Kier molecular flexibility index (Phi) is 5.54. The van der Waals surface area contributed by atoms with Crippen molar-refractivity contribution in [3.05, 3.63) is 95.0 Å². The summed E-state index contributed by atoms with van der Waals surface area (Å²) in [4.78, 5) is 12.8. The summed E-state index contributed by atoms with van der Waals surface area (Å²) < 4.78 is 16.1. The van der Waals surface area contributed by atoms with E-state index in [1.807, 2.05) is 30.3 Å². The minimum atomic E-state index is -0.520. The van der Waals surface area contributed by atoms with E-state index in [2.05, 4.69) is 10.2 Å². The van der Waals surface area contributed by atoms with Gasteiger partial charge in [0.1, 0.15) is 0 Å². The third kappa shape index (κ3) is 4.62. The number of hydrogen-bond donors (Lipinski definition) is 0. The fraction of sp³-hybridized carbons (Fsp3) is 0.0455. The Balaban J connectivity index is 1.54. The average molecular weight is 407 g/mol. The Hall–Kier alpha value is -3.64. The second-order valence-corrected chi connectivity index (χ2v) is 6.47. The number of aromatic nitrogens is 2. The van der Waals surface area contributed by atoms with E-state index in [1.54, 1.807) is 42.5 Å². The topological polar surface area (TPSA) is 78.4 Å². The van der Waals surface area contributed by atoms with E-state index in [-0.39, 0.29) is 18.4 Å².